The van der Waals surface area contributed by atoms with E-state index < -0.39 is 5.97 Å². The Bertz CT molecular complexity index is 299. The van der Waals surface area contributed by atoms with E-state index in [1.807, 2.05) is 6.92 Å². The quantitative estimate of drug-likeness (QED) is 0.521. The van der Waals surface area contributed by atoms with E-state index in [1.54, 1.807) is 12.1 Å². The predicted octanol–water partition coefficient (Wildman–Crippen LogP) is -1.87. The van der Waals surface area contributed by atoms with Gasteiger partial charge in [-0.3, -0.25) is 0 Å². The number of hydrogen-bond donors (Lipinski definition) is 0. The molecule has 0 N–H and O–H groups in total. The molecule has 0 fully saturated rings. The minimum atomic E-state index is -1.16. The molecule has 0 amide bonds. The average molecular weight is 221 g/mol. The van der Waals surface area contributed by atoms with Gasteiger partial charge in [0.25, 0.3) is 0 Å². The first-order valence-corrected chi connectivity index (χ1v) is 3.88. The summed E-state index contributed by atoms with van der Waals surface area (Å²) >= 11 is 3.13. The minimum absolute atomic E-state index is 0. The Morgan fingerprint density at radius 1 is 1.50 bits per heavy atom. The van der Waals surface area contributed by atoms with Gasteiger partial charge in [0.2, 0.25) is 0 Å². The smallest absolute Gasteiger partial charge is 0.545 e. The zero-order valence-corrected chi connectivity index (χ0v) is 8.51. The van der Waals surface area contributed by atoms with Crippen molar-refractivity contribution in [1.29, 1.82) is 0 Å². The van der Waals surface area contributed by atoms with Crippen LogP contribution in [0.15, 0.2) is 22.7 Å². The summed E-state index contributed by atoms with van der Waals surface area (Å²) in [7, 11) is 0. The fourth-order valence-corrected chi connectivity index (χ4v) is 1.44. The molecule has 0 saturated heterocycles. The summed E-state index contributed by atoms with van der Waals surface area (Å²) in [5, 5.41) is 10.4. The number of aryl methyl sites for hydroxylation is 1. The SMILES string of the molecule is Cc1ccc(C(=O)[O-])c(Br)c1.[Li+]. The molecular formula is C8H6BrLiO2. The van der Waals surface area contributed by atoms with Gasteiger partial charge in [0.05, 0.1) is 5.97 Å². The molecule has 2 nitrogen and oxygen atoms in total. The summed E-state index contributed by atoms with van der Waals surface area (Å²) in [5.74, 6) is -1.16. The molecule has 0 aliphatic rings. The molecule has 0 aromatic heterocycles. The number of carboxylic acids is 1. The second kappa shape index (κ2) is 4.71. The largest absolute Gasteiger partial charge is 1.00 e. The molecule has 0 saturated carbocycles. The van der Waals surface area contributed by atoms with Crippen molar-refractivity contribution >= 4 is 21.9 Å². The van der Waals surface area contributed by atoms with E-state index in [2.05, 4.69) is 15.9 Å². The first kappa shape index (κ1) is 11.8. The number of hydrogen-bond acceptors (Lipinski definition) is 2. The van der Waals surface area contributed by atoms with Gasteiger partial charge in [0, 0.05) is 10.0 Å². The van der Waals surface area contributed by atoms with E-state index in [0.29, 0.717) is 4.47 Å². The number of halogens is 1. The number of carbonyl (C=O) groups is 1. The van der Waals surface area contributed by atoms with Crippen LogP contribution in [0.1, 0.15) is 15.9 Å². The Balaban J connectivity index is 0.00000121. The first-order chi connectivity index (χ1) is 5.11. The fourth-order valence-electron chi connectivity index (χ4n) is 0.786. The molecule has 0 aliphatic heterocycles. The van der Waals surface area contributed by atoms with Gasteiger partial charge in [-0.15, -0.1) is 0 Å². The third-order valence-corrected chi connectivity index (χ3v) is 2.00. The van der Waals surface area contributed by atoms with Crippen molar-refractivity contribution < 1.29 is 28.8 Å². The molecule has 1 rings (SSSR count). The molecule has 1 aromatic carbocycles. The van der Waals surface area contributed by atoms with Crippen LogP contribution in [0.3, 0.4) is 0 Å². The molecule has 0 radical (unpaired) electrons. The van der Waals surface area contributed by atoms with E-state index >= 15 is 0 Å². The van der Waals surface area contributed by atoms with Crippen LogP contribution in [0.4, 0.5) is 0 Å². The van der Waals surface area contributed by atoms with E-state index in [-0.39, 0.29) is 24.4 Å². The van der Waals surface area contributed by atoms with Gasteiger partial charge < -0.3 is 9.90 Å². The van der Waals surface area contributed by atoms with Gasteiger partial charge in [0.15, 0.2) is 0 Å². The molecule has 12 heavy (non-hydrogen) atoms. The first-order valence-electron chi connectivity index (χ1n) is 3.09. The predicted molar refractivity (Wildman–Crippen MR) is 43.2 cm³/mol. The van der Waals surface area contributed by atoms with Crippen molar-refractivity contribution in [3.8, 4) is 0 Å². The molecular weight excluding hydrogens is 215 g/mol. The summed E-state index contributed by atoms with van der Waals surface area (Å²) in [4.78, 5) is 10.4. The van der Waals surface area contributed by atoms with Crippen molar-refractivity contribution in [2.45, 2.75) is 6.92 Å². The Kier molecular flexibility index (Phi) is 4.62. The molecule has 0 atom stereocenters. The number of carboxylic acid groups (broad SMARTS) is 1. The van der Waals surface area contributed by atoms with Crippen molar-refractivity contribution in [2.75, 3.05) is 0 Å². The average Bonchev–Trinajstić information content (AvgIpc) is 1.85. The molecule has 0 spiro atoms. The van der Waals surface area contributed by atoms with Crippen LogP contribution >= 0.6 is 15.9 Å². The Morgan fingerprint density at radius 3 is 2.50 bits per heavy atom. The minimum Gasteiger partial charge on any atom is -0.545 e. The van der Waals surface area contributed by atoms with Crippen LogP contribution in [0.5, 0.6) is 0 Å². The molecule has 0 aliphatic carbocycles. The van der Waals surface area contributed by atoms with Crippen LogP contribution in [0, 0.1) is 6.92 Å². The van der Waals surface area contributed by atoms with Crippen LogP contribution in [-0.2, 0) is 0 Å². The maximum Gasteiger partial charge on any atom is 1.00 e. The van der Waals surface area contributed by atoms with Gasteiger partial charge in [-0.25, -0.2) is 0 Å². The summed E-state index contributed by atoms with van der Waals surface area (Å²) in [6, 6.07) is 5.00. The summed E-state index contributed by atoms with van der Waals surface area (Å²) in [6.07, 6.45) is 0. The normalized spacial score (nSPS) is 8.83. The van der Waals surface area contributed by atoms with Crippen molar-refractivity contribution in [1.82, 2.24) is 0 Å². The standard InChI is InChI=1S/C8H7BrO2.Li/c1-5-2-3-6(8(10)11)7(9)4-5;/h2-4H,1H3,(H,10,11);/q;+1/p-1. The zero-order chi connectivity index (χ0) is 8.43. The number of aromatic carboxylic acids is 1. The number of benzene rings is 1. The summed E-state index contributed by atoms with van der Waals surface area (Å²) in [5.41, 5.74) is 1.21. The maximum absolute atomic E-state index is 10.4. The second-order valence-electron chi connectivity index (χ2n) is 2.27. The zero-order valence-electron chi connectivity index (χ0n) is 6.93. The van der Waals surface area contributed by atoms with Gasteiger partial charge in [-0.05, 0) is 18.6 Å². The number of carbonyl (C=O) groups excluding carboxylic acids is 1. The molecule has 58 valence electrons. The molecule has 0 heterocycles. The van der Waals surface area contributed by atoms with E-state index in [1.165, 1.54) is 6.07 Å². The third kappa shape index (κ3) is 2.67. The summed E-state index contributed by atoms with van der Waals surface area (Å²) < 4.78 is 0.567. The Labute approximate surface area is 91.3 Å². The van der Waals surface area contributed by atoms with Crippen LogP contribution in [0.2, 0.25) is 0 Å². The fraction of sp³-hybridized carbons (Fsp3) is 0.125. The van der Waals surface area contributed by atoms with Crippen LogP contribution < -0.4 is 24.0 Å². The van der Waals surface area contributed by atoms with Crippen molar-refractivity contribution in [3.05, 3.63) is 33.8 Å². The second-order valence-corrected chi connectivity index (χ2v) is 3.13. The monoisotopic (exact) mass is 220 g/mol. The van der Waals surface area contributed by atoms with E-state index in [9.17, 15) is 9.90 Å². The number of rotatable bonds is 1. The van der Waals surface area contributed by atoms with Crippen molar-refractivity contribution in [2.24, 2.45) is 0 Å². The topological polar surface area (TPSA) is 40.1 Å². The van der Waals surface area contributed by atoms with Crippen molar-refractivity contribution in [3.63, 3.8) is 0 Å². The van der Waals surface area contributed by atoms with Gasteiger partial charge in [0.1, 0.15) is 0 Å². The van der Waals surface area contributed by atoms with Gasteiger partial charge in [-0.2, -0.15) is 0 Å². The van der Waals surface area contributed by atoms with E-state index in [4.69, 9.17) is 0 Å². The third-order valence-electron chi connectivity index (χ3n) is 1.34. The molecule has 0 unspecified atom stereocenters. The molecule has 0 bridgehead atoms. The van der Waals surface area contributed by atoms with Crippen LogP contribution in [-0.4, -0.2) is 5.97 Å². The van der Waals surface area contributed by atoms with Gasteiger partial charge >= 0.3 is 18.9 Å². The van der Waals surface area contributed by atoms with Gasteiger partial charge in [-0.1, -0.05) is 28.1 Å². The Morgan fingerprint density at radius 2 is 2.08 bits per heavy atom. The Hall–Kier alpha value is -0.233. The molecule has 1 aromatic rings. The van der Waals surface area contributed by atoms with Crippen LogP contribution in [0.25, 0.3) is 0 Å². The maximum atomic E-state index is 10.4. The van der Waals surface area contributed by atoms with E-state index in [0.717, 1.165) is 5.56 Å². The summed E-state index contributed by atoms with van der Waals surface area (Å²) in [6.45, 7) is 1.89. The molecule has 4 heteroatoms.